The monoisotopic (exact) mass is 830 g/mol. The molecule has 0 saturated carbocycles. The first kappa shape index (κ1) is 50.9. The molecule has 10 nitrogen and oxygen atoms in total. The molecule has 0 aliphatic rings. The van der Waals surface area contributed by atoms with Crippen molar-refractivity contribution in [1.82, 2.24) is 9.97 Å². The Labute approximate surface area is 342 Å². The van der Waals surface area contributed by atoms with Gasteiger partial charge in [-0.05, 0) is 110 Å². The number of aryl methyl sites for hydroxylation is 2. The van der Waals surface area contributed by atoms with Gasteiger partial charge in [-0.3, -0.25) is 29.1 Å². The number of carbonyl (C=O) groups excluding carboxylic acids is 4. The van der Waals surface area contributed by atoms with E-state index < -0.39 is 23.1 Å². The van der Waals surface area contributed by atoms with Gasteiger partial charge in [-0.25, -0.2) is 0 Å². The van der Waals surface area contributed by atoms with Gasteiger partial charge in [-0.15, -0.1) is 11.5 Å². The van der Waals surface area contributed by atoms with Gasteiger partial charge in [-0.1, -0.05) is 75.6 Å². The van der Waals surface area contributed by atoms with Crippen molar-refractivity contribution in [3.8, 4) is 0 Å². The summed E-state index contributed by atoms with van der Waals surface area (Å²) in [5, 5.41) is 44.8. The molecule has 0 radical (unpaired) electrons. The van der Waals surface area contributed by atoms with Crippen LogP contribution in [0.25, 0.3) is 11.5 Å². The summed E-state index contributed by atoms with van der Waals surface area (Å²) in [4.78, 5) is 52.6. The first-order valence-corrected chi connectivity index (χ1v) is 16.2. The second-order valence-corrected chi connectivity index (χ2v) is 11.1. The SMILES string of the molecule is CC(=O)/C=C(\[O-])c1cccc(C(=O)/C=C(/C)[O-])c1.CC(=O)/C=C(\[O-])c1cccc(C(=O)/C=C(/C)[O-])c1.CCc1ccncc1.CCc1ccncc1.[Zn+2].[Zn+2]. The Hall–Kier alpha value is -5.17. The van der Waals surface area contributed by atoms with Crippen molar-refractivity contribution in [2.75, 3.05) is 0 Å². The van der Waals surface area contributed by atoms with Crippen molar-refractivity contribution in [1.29, 1.82) is 0 Å². The first-order chi connectivity index (χ1) is 24.7. The second-order valence-electron chi connectivity index (χ2n) is 11.1. The van der Waals surface area contributed by atoms with Gasteiger partial charge < -0.3 is 20.4 Å². The van der Waals surface area contributed by atoms with Crippen molar-refractivity contribution in [3.05, 3.63) is 167 Å². The van der Waals surface area contributed by atoms with Gasteiger partial charge in [0, 0.05) is 35.9 Å². The number of ketones is 4. The largest absolute Gasteiger partial charge is 2.00 e. The van der Waals surface area contributed by atoms with E-state index in [2.05, 4.69) is 23.8 Å². The quantitative estimate of drug-likeness (QED) is 0.0974. The Morgan fingerprint density at radius 2 is 0.796 bits per heavy atom. The maximum Gasteiger partial charge on any atom is 2.00 e. The standard InChI is InChI=1S/2C14H14O4.2C7H9N.2Zn/c2*1-9(15)6-13(17)11-4-3-5-12(8-11)14(18)7-10(2)16;2*1-2-7-3-5-8-6-4-7;;/h2*3-8,15,18H,1-2H3;2*3-6H,2H2,1H3;;/q;;;;2*+2/p-4/b2*9-6-,14-7-;;;;. The van der Waals surface area contributed by atoms with Gasteiger partial charge in [0.1, 0.15) is 0 Å². The third kappa shape index (κ3) is 22.0. The summed E-state index contributed by atoms with van der Waals surface area (Å²) < 4.78 is 0. The van der Waals surface area contributed by atoms with Crippen LogP contribution in [0.5, 0.6) is 0 Å². The number of rotatable bonds is 10. The zero-order chi connectivity index (χ0) is 39.1. The predicted octanol–water partition coefficient (Wildman–Crippen LogP) is 4.13. The molecule has 0 unspecified atom stereocenters. The molecule has 2 heterocycles. The smallest absolute Gasteiger partial charge is 0.876 e. The molecule has 4 rings (SSSR count). The van der Waals surface area contributed by atoms with E-state index in [4.69, 9.17) is 0 Å². The number of nitrogens with zero attached hydrogens (tertiary/aromatic N) is 2. The Bertz CT molecular complexity index is 1760. The van der Waals surface area contributed by atoms with Crippen molar-refractivity contribution in [3.63, 3.8) is 0 Å². The number of carbonyl (C=O) groups is 4. The molecule has 2 aromatic carbocycles. The summed E-state index contributed by atoms with van der Waals surface area (Å²) in [6.45, 7) is 9.37. The Kier molecular flexibility index (Phi) is 26.7. The predicted molar refractivity (Wildman–Crippen MR) is 194 cm³/mol. The number of aromatic nitrogens is 2. The molecule has 2 aromatic heterocycles. The Morgan fingerprint density at radius 1 is 0.500 bits per heavy atom. The van der Waals surface area contributed by atoms with Gasteiger partial charge >= 0.3 is 39.0 Å². The van der Waals surface area contributed by atoms with Crippen LogP contribution in [0.4, 0.5) is 0 Å². The minimum absolute atomic E-state index is 0. The van der Waals surface area contributed by atoms with E-state index in [1.165, 1.54) is 87.4 Å². The number of hydrogen-bond acceptors (Lipinski definition) is 10. The molecule has 4 aromatic rings. The van der Waals surface area contributed by atoms with E-state index in [0.29, 0.717) is 0 Å². The van der Waals surface area contributed by atoms with Crippen molar-refractivity contribution >= 4 is 34.7 Å². The van der Waals surface area contributed by atoms with Crippen LogP contribution in [-0.2, 0) is 61.4 Å². The Balaban J connectivity index is 0. The molecule has 0 fully saturated rings. The number of pyridine rings is 2. The average molecular weight is 834 g/mol. The van der Waals surface area contributed by atoms with Crippen LogP contribution in [0.3, 0.4) is 0 Å². The summed E-state index contributed by atoms with van der Waals surface area (Å²) in [6.07, 6.45) is 13.3. The fraction of sp³-hybridized carbons (Fsp3) is 0.190. The summed E-state index contributed by atoms with van der Waals surface area (Å²) in [5.41, 5.74) is 3.67. The molecule has 0 bridgehead atoms. The molecule has 54 heavy (non-hydrogen) atoms. The van der Waals surface area contributed by atoms with E-state index >= 15 is 0 Å². The number of allylic oxidation sites excluding steroid dienone is 6. The fourth-order valence-electron chi connectivity index (χ4n) is 3.96. The molecule has 0 spiro atoms. The molecule has 12 heteroatoms. The molecule has 0 atom stereocenters. The van der Waals surface area contributed by atoms with Crippen LogP contribution in [0, 0.1) is 0 Å². The summed E-state index contributed by atoms with van der Waals surface area (Å²) in [7, 11) is 0. The van der Waals surface area contributed by atoms with Crippen LogP contribution in [0.2, 0.25) is 0 Å². The van der Waals surface area contributed by atoms with E-state index in [-0.39, 0.29) is 84.3 Å². The first-order valence-electron chi connectivity index (χ1n) is 16.2. The van der Waals surface area contributed by atoms with E-state index in [1.54, 1.807) is 0 Å². The Morgan fingerprint density at radius 3 is 1.04 bits per heavy atom. The fourth-order valence-corrected chi connectivity index (χ4v) is 3.96. The molecule has 0 aliphatic carbocycles. The van der Waals surface area contributed by atoms with E-state index in [9.17, 15) is 39.6 Å². The molecular formula is C42H42N2O8Zn2. The molecule has 272 valence electrons. The second kappa shape index (κ2) is 28.3. The zero-order valence-corrected chi connectivity index (χ0v) is 37.5. The zero-order valence-electron chi connectivity index (χ0n) is 31.5. The molecule has 0 aliphatic heterocycles. The maximum atomic E-state index is 11.6. The number of hydrogen-bond donors (Lipinski definition) is 0. The minimum atomic E-state index is -0.458. The van der Waals surface area contributed by atoms with E-state index in [0.717, 1.165) is 37.1 Å². The van der Waals surface area contributed by atoms with Gasteiger partial charge in [-0.2, -0.15) is 0 Å². The topological polar surface area (TPSA) is 186 Å². The summed E-state index contributed by atoms with van der Waals surface area (Å²) >= 11 is 0. The molecule has 0 saturated heterocycles. The third-order valence-electron chi connectivity index (χ3n) is 6.52. The van der Waals surface area contributed by atoms with Crippen LogP contribution < -0.4 is 20.4 Å². The minimum Gasteiger partial charge on any atom is -0.876 e. The van der Waals surface area contributed by atoms with Crippen LogP contribution in [0.15, 0.2) is 133 Å². The van der Waals surface area contributed by atoms with Crippen molar-refractivity contribution < 1.29 is 78.6 Å². The molecule has 0 amide bonds. The third-order valence-corrected chi connectivity index (χ3v) is 6.52. The van der Waals surface area contributed by atoms with Gasteiger partial charge in [0.2, 0.25) is 0 Å². The van der Waals surface area contributed by atoms with Gasteiger partial charge in [0.05, 0.1) is 0 Å². The van der Waals surface area contributed by atoms with Crippen molar-refractivity contribution in [2.45, 2.75) is 54.4 Å². The van der Waals surface area contributed by atoms with Crippen molar-refractivity contribution in [2.24, 2.45) is 0 Å². The van der Waals surface area contributed by atoms with Gasteiger partial charge in [0.15, 0.2) is 23.1 Å². The molecule has 0 N–H and O–H groups in total. The van der Waals surface area contributed by atoms with Crippen LogP contribution >= 0.6 is 0 Å². The summed E-state index contributed by atoms with van der Waals surface area (Å²) in [5.74, 6) is -3.25. The normalized spacial score (nSPS) is 10.9. The van der Waals surface area contributed by atoms with Crippen LogP contribution in [-0.4, -0.2) is 33.1 Å². The molecular weight excluding hydrogens is 791 g/mol. The average Bonchev–Trinajstić information content (AvgIpc) is 3.12. The van der Waals surface area contributed by atoms with E-state index in [1.807, 2.05) is 49.1 Å². The maximum absolute atomic E-state index is 11.6. The summed E-state index contributed by atoms with van der Waals surface area (Å²) in [6, 6.07) is 19.9. The van der Waals surface area contributed by atoms with Crippen LogP contribution in [0.1, 0.15) is 84.5 Å². The van der Waals surface area contributed by atoms with Gasteiger partial charge in [0.25, 0.3) is 0 Å². The number of benzene rings is 2.